The van der Waals surface area contributed by atoms with E-state index in [1.54, 1.807) is 0 Å². The van der Waals surface area contributed by atoms with Crippen LogP contribution in [0.15, 0.2) is 30.3 Å². The maximum Gasteiger partial charge on any atom is 0.409 e. The van der Waals surface area contributed by atoms with Crippen LogP contribution in [0.4, 0.5) is 4.79 Å². The summed E-state index contributed by atoms with van der Waals surface area (Å²) >= 11 is 0. The highest BCUT2D eigenvalue weighted by molar-refractivity contribution is 5.69. The van der Waals surface area contributed by atoms with Gasteiger partial charge in [0.15, 0.2) is 0 Å². The number of rotatable bonds is 5. The SMILES string of the molecule is CC1CCCC(c2ccccc2)N1CCCN1CCOC1=O. The van der Waals surface area contributed by atoms with Gasteiger partial charge >= 0.3 is 6.09 Å². The van der Waals surface area contributed by atoms with Crippen LogP contribution in [0.3, 0.4) is 0 Å². The van der Waals surface area contributed by atoms with E-state index in [4.69, 9.17) is 4.74 Å². The molecule has 0 aliphatic carbocycles. The fourth-order valence-corrected chi connectivity index (χ4v) is 3.73. The predicted octanol–water partition coefficient (Wildman–Crippen LogP) is 3.44. The molecule has 2 heterocycles. The second-order valence-corrected chi connectivity index (χ2v) is 6.40. The number of piperidine rings is 1. The smallest absolute Gasteiger partial charge is 0.409 e. The predicted molar refractivity (Wildman–Crippen MR) is 86.7 cm³/mol. The highest BCUT2D eigenvalue weighted by atomic mass is 16.6. The first-order valence-corrected chi connectivity index (χ1v) is 8.48. The van der Waals surface area contributed by atoms with Gasteiger partial charge in [-0.15, -0.1) is 0 Å². The van der Waals surface area contributed by atoms with Crippen molar-refractivity contribution >= 4 is 6.09 Å². The molecule has 2 saturated heterocycles. The fourth-order valence-electron chi connectivity index (χ4n) is 3.73. The molecule has 0 spiro atoms. The van der Waals surface area contributed by atoms with Gasteiger partial charge in [0.05, 0.1) is 6.54 Å². The first-order valence-electron chi connectivity index (χ1n) is 8.48. The van der Waals surface area contributed by atoms with Gasteiger partial charge in [0.2, 0.25) is 0 Å². The summed E-state index contributed by atoms with van der Waals surface area (Å²) in [5.41, 5.74) is 1.43. The molecule has 1 aromatic carbocycles. The van der Waals surface area contributed by atoms with Crippen molar-refractivity contribution in [3.63, 3.8) is 0 Å². The van der Waals surface area contributed by atoms with Crippen LogP contribution in [0.25, 0.3) is 0 Å². The van der Waals surface area contributed by atoms with Crippen molar-refractivity contribution in [1.82, 2.24) is 9.80 Å². The first-order chi connectivity index (χ1) is 10.8. The number of benzene rings is 1. The minimum absolute atomic E-state index is 0.147. The summed E-state index contributed by atoms with van der Waals surface area (Å²) in [5, 5.41) is 0. The number of cyclic esters (lactones) is 1. The fraction of sp³-hybridized carbons (Fsp3) is 0.611. The molecule has 0 radical (unpaired) electrons. The van der Waals surface area contributed by atoms with Crippen molar-refractivity contribution in [1.29, 1.82) is 0 Å². The average Bonchev–Trinajstić information content (AvgIpc) is 2.95. The van der Waals surface area contributed by atoms with E-state index >= 15 is 0 Å². The summed E-state index contributed by atoms with van der Waals surface area (Å²) < 4.78 is 4.99. The molecule has 2 fully saturated rings. The Morgan fingerprint density at radius 3 is 2.73 bits per heavy atom. The lowest BCUT2D eigenvalue weighted by atomic mass is 9.91. The van der Waals surface area contributed by atoms with Crippen LogP contribution in [0, 0.1) is 0 Å². The third-order valence-electron chi connectivity index (χ3n) is 4.94. The Hall–Kier alpha value is -1.55. The zero-order chi connectivity index (χ0) is 15.4. The molecule has 0 bridgehead atoms. The normalized spacial score (nSPS) is 26.2. The van der Waals surface area contributed by atoms with E-state index in [0.29, 0.717) is 18.7 Å². The Kier molecular flexibility index (Phi) is 4.98. The Balaban J connectivity index is 1.59. The maximum absolute atomic E-state index is 11.5. The van der Waals surface area contributed by atoms with Crippen molar-refractivity contribution in [3.05, 3.63) is 35.9 Å². The molecule has 2 atom stereocenters. The van der Waals surface area contributed by atoms with Crippen LogP contribution in [0.2, 0.25) is 0 Å². The molecular formula is C18H26N2O2. The summed E-state index contributed by atoms with van der Waals surface area (Å²) in [4.78, 5) is 15.9. The van der Waals surface area contributed by atoms with E-state index in [1.807, 2.05) is 4.90 Å². The summed E-state index contributed by atoms with van der Waals surface area (Å²) in [6, 6.07) is 12.0. The van der Waals surface area contributed by atoms with Gasteiger partial charge < -0.3 is 9.64 Å². The third kappa shape index (κ3) is 3.43. The second-order valence-electron chi connectivity index (χ2n) is 6.40. The Morgan fingerprint density at radius 1 is 1.18 bits per heavy atom. The molecule has 0 saturated carbocycles. The van der Waals surface area contributed by atoms with Crippen molar-refractivity contribution in [2.75, 3.05) is 26.2 Å². The largest absolute Gasteiger partial charge is 0.448 e. The van der Waals surface area contributed by atoms with Crippen LogP contribution in [0.1, 0.15) is 44.2 Å². The second kappa shape index (κ2) is 7.14. The van der Waals surface area contributed by atoms with Crippen molar-refractivity contribution in [2.24, 2.45) is 0 Å². The van der Waals surface area contributed by atoms with Gasteiger partial charge in [-0.1, -0.05) is 36.8 Å². The topological polar surface area (TPSA) is 32.8 Å². The monoisotopic (exact) mass is 302 g/mol. The van der Waals surface area contributed by atoms with Crippen LogP contribution < -0.4 is 0 Å². The summed E-state index contributed by atoms with van der Waals surface area (Å²) in [5.74, 6) is 0. The number of hydrogen-bond donors (Lipinski definition) is 0. The van der Waals surface area contributed by atoms with Gasteiger partial charge in [-0.3, -0.25) is 4.90 Å². The molecule has 1 amide bonds. The number of amides is 1. The van der Waals surface area contributed by atoms with Crippen LogP contribution in [0.5, 0.6) is 0 Å². The summed E-state index contributed by atoms with van der Waals surface area (Å²) in [6.07, 6.45) is 4.68. The molecule has 4 nitrogen and oxygen atoms in total. The molecule has 22 heavy (non-hydrogen) atoms. The molecular weight excluding hydrogens is 276 g/mol. The number of carbonyl (C=O) groups is 1. The van der Waals surface area contributed by atoms with E-state index in [9.17, 15) is 4.79 Å². The number of hydrogen-bond acceptors (Lipinski definition) is 3. The quantitative estimate of drug-likeness (QED) is 0.835. The lowest BCUT2D eigenvalue weighted by Gasteiger charge is -2.41. The van der Waals surface area contributed by atoms with E-state index in [-0.39, 0.29) is 6.09 Å². The molecule has 4 heteroatoms. The number of ether oxygens (including phenoxy) is 1. The minimum Gasteiger partial charge on any atom is -0.448 e. The van der Waals surface area contributed by atoms with Crippen molar-refractivity contribution < 1.29 is 9.53 Å². The molecule has 3 rings (SSSR count). The molecule has 2 aliphatic rings. The number of carbonyl (C=O) groups excluding carboxylic acids is 1. The van der Waals surface area contributed by atoms with Crippen LogP contribution >= 0.6 is 0 Å². The van der Waals surface area contributed by atoms with Gasteiger partial charge in [-0.2, -0.15) is 0 Å². The summed E-state index contributed by atoms with van der Waals surface area (Å²) in [7, 11) is 0. The van der Waals surface area contributed by atoms with Gasteiger partial charge in [0, 0.05) is 25.2 Å². The van der Waals surface area contributed by atoms with Crippen molar-refractivity contribution in [2.45, 2.75) is 44.7 Å². The molecule has 0 aromatic heterocycles. The number of likely N-dealkylation sites (tertiary alicyclic amines) is 1. The van der Waals surface area contributed by atoms with E-state index in [1.165, 1.54) is 24.8 Å². The molecule has 2 aliphatic heterocycles. The Morgan fingerprint density at radius 2 is 2.00 bits per heavy atom. The van der Waals surface area contributed by atoms with E-state index < -0.39 is 0 Å². The molecule has 2 unspecified atom stereocenters. The Bertz CT molecular complexity index is 491. The molecule has 1 aromatic rings. The molecule has 120 valence electrons. The Labute approximate surface area is 133 Å². The van der Waals surface area contributed by atoms with Gasteiger partial charge in [0.1, 0.15) is 6.61 Å². The maximum atomic E-state index is 11.5. The van der Waals surface area contributed by atoms with Gasteiger partial charge in [-0.05, 0) is 31.7 Å². The standard InChI is InChI=1S/C18H26N2O2/c1-15-7-5-10-17(16-8-3-2-4-9-16)20(15)12-6-11-19-13-14-22-18(19)21/h2-4,8-9,15,17H,5-7,10-14H2,1H3. The minimum atomic E-state index is -0.147. The van der Waals surface area contributed by atoms with Crippen LogP contribution in [-0.4, -0.2) is 48.2 Å². The van der Waals surface area contributed by atoms with Gasteiger partial charge in [0.25, 0.3) is 0 Å². The first kappa shape index (κ1) is 15.3. The highest BCUT2D eigenvalue weighted by Crippen LogP contribution is 2.34. The molecule has 0 N–H and O–H groups in total. The highest BCUT2D eigenvalue weighted by Gasteiger charge is 2.29. The van der Waals surface area contributed by atoms with E-state index in [2.05, 4.69) is 42.2 Å². The zero-order valence-electron chi connectivity index (χ0n) is 13.4. The average molecular weight is 302 g/mol. The lowest BCUT2D eigenvalue weighted by Crippen LogP contribution is -2.41. The van der Waals surface area contributed by atoms with Crippen molar-refractivity contribution in [3.8, 4) is 0 Å². The van der Waals surface area contributed by atoms with E-state index in [0.717, 1.165) is 26.1 Å². The van der Waals surface area contributed by atoms with Crippen LogP contribution in [-0.2, 0) is 4.74 Å². The zero-order valence-corrected chi connectivity index (χ0v) is 13.4. The number of nitrogens with zero attached hydrogens (tertiary/aromatic N) is 2. The third-order valence-corrected chi connectivity index (χ3v) is 4.94. The lowest BCUT2D eigenvalue weighted by molar-refractivity contribution is 0.0879. The summed E-state index contributed by atoms with van der Waals surface area (Å²) in [6.45, 7) is 5.48. The van der Waals surface area contributed by atoms with Gasteiger partial charge in [-0.25, -0.2) is 4.79 Å².